The Hall–Kier alpha value is -0.810. The van der Waals surface area contributed by atoms with Gasteiger partial charge in [0, 0.05) is 25.7 Å². The van der Waals surface area contributed by atoms with E-state index in [0.717, 1.165) is 38.8 Å². The van der Waals surface area contributed by atoms with Crippen molar-refractivity contribution in [3.05, 3.63) is 0 Å². The molecule has 1 saturated heterocycles. The van der Waals surface area contributed by atoms with Crippen molar-refractivity contribution in [3.8, 4) is 0 Å². The van der Waals surface area contributed by atoms with Crippen LogP contribution in [-0.2, 0) is 9.47 Å². The van der Waals surface area contributed by atoms with E-state index in [1.165, 1.54) is 0 Å². The fourth-order valence-electron chi connectivity index (χ4n) is 2.63. The number of ether oxygens (including phenoxy) is 2. The predicted molar refractivity (Wildman–Crippen MR) is 82.4 cm³/mol. The Labute approximate surface area is 128 Å². The predicted octanol–water partition coefficient (Wildman–Crippen LogP) is 2.54. The monoisotopic (exact) mass is 298 g/mol. The summed E-state index contributed by atoms with van der Waals surface area (Å²) in [7, 11) is 0. The standard InChI is InChI=1S/C16H30N2O3/c1-12-5-8-14(20-12)11-17-9-10-18(13-6-7-13)15(19)21-16(2,3)4/h12-14,17H,5-11H2,1-4H3. The Morgan fingerprint density at radius 1 is 1.29 bits per heavy atom. The zero-order chi connectivity index (χ0) is 15.5. The summed E-state index contributed by atoms with van der Waals surface area (Å²) >= 11 is 0. The number of carbonyl (C=O) groups is 1. The first-order valence-electron chi connectivity index (χ1n) is 8.21. The molecular formula is C16H30N2O3. The van der Waals surface area contributed by atoms with E-state index in [1.54, 1.807) is 0 Å². The minimum absolute atomic E-state index is 0.183. The quantitative estimate of drug-likeness (QED) is 0.766. The lowest BCUT2D eigenvalue weighted by molar-refractivity contribution is 0.0231. The zero-order valence-electron chi connectivity index (χ0n) is 13.9. The molecule has 2 atom stereocenters. The molecule has 0 bridgehead atoms. The first-order chi connectivity index (χ1) is 9.85. The molecule has 1 aliphatic carbocycles. The third kappa shape index (κ3) is 5.83. The summed E-state index contributed by atoms with van der Waals surface area (Å²) in [5.41, 5.74) is -0.425. The SMILES string of the molecule is CC1CCC(CNCCN(C(=O)OC(C)(C)C)C2CC2)O1. The van der Waals surface area contributed by atoms with Gasteiger partial charge in [-0.3, -0.25) is 0 Å². The lowest BCUT2D eigenvalue weighted by atomic mass is 10.2. The molecule has 0 aromatic rings. The summed E-state index contributed by atoms with van der Waals surface area (Å²) in [4.78, 5) is 14.1. The van der Waals surface area contributed by atoms with Gasteiger partial charge in [-0.1, -0.05) is 0 Å². The van der Waals surface area contributed by atoms with Gasteiger partial charge >= 0.3 is 6.09 Å². The average Bonchev–Trinajstić information content (AvgIpc) is 3.10. The van der Waals surface area contributed by atoms with Crippen molar-refractivity contribution in [2.45, 2.75) is 77.2 Å². The van der Waals surface area contributed by atoms with Crippen LogP contribution in [0.1, 0.15) is 53.4 Å². The van der Waals surface area contributed by atoms with Crippen molar-refractivity contribution in [1.82, 2.24) is 10.2 Å². The Balaban J connectivity index is 1.67. The first-order valence-corrected chi connectivity index (χ1v) is 8.21. The van der Waals surface area contributed by atoms with Crippen LogP contribution in [0.4, 0.5) is 4.79 Å². The maximum absolute atomic E-state index is 12.2. The van der Waals surface area contributed by atoms with Crippen LogP contribution in [0.3, 0.4) is 0 Å². The van der Waals surface area contributed by atoms with E-state index in [2.05, 4.69) is 12.2 Å². The molecule has 0 aromatic carbocycles. The van der Waals surface area contributed by atoms with E-state index in [1.807, 2.05) is 25.7 Å². The van der Waals surface area contributed by atoms with Gasteiger partial charge in [-0.25, -0.2) is 4.79 Å². The molecule has 21 heavy (non-hydrogen) atoms. The number of amides is 1. The van der Waals surface area contributed by atoms with Crippen LogP contribution in [-0.4, -0.2) is 54.5 Å². The van der Waals surface area contributed by atoms with Gasteiger partial charge in [0.05, 0.1) is 12.2 Å². The van der Waals surface area contributed by atoms with Crippen LogP contribution in [0.2, 0.25) is 0 Å². The van der Waals surface area contributed by atoms with E-state index >= 15 is 0 Å². The van der Waals surface area contributed by atoms with E-state index in [4.69, 9.17) is 9.47 Å². The molecular weight excluding hydrogens is 268 g/mol. The molecule has 1 saturated carbocycles. The van der Waals surface area contributed by atoms with Crippen molar-refractivity contribution >= 4 is 6.09 Å². The second-order valence-electron chi connectivity index (χ2n) is 7.26. The van der Waals surface area contributed by atoms with Gasteiger partial charge in [-0.2, -0.15) is 0 Å². The van der Waals surface area contributed by atoms with Crippen molar-refractivity contribution in [3.63, 3.8) is 0 Å². The van der Waals surface area contributed by atoms with E-state index < -0.39 is 5.60 Å². The maximum atomic E-state index is 12.2. The topological polar surface area (TPSA) is 50.8 Å². The van der Waals surface area contributed by atoms with Crippen LogP contribution in [0, 0.1) is 0 Å². The van der Waals surface area contributed by atoms with Crippen LogP contribution < -0.4 is 5.32 Å². The fourth-order valence-corrected chi connectivity index (χ4v) is 2.63. The van der Waals surface area contributed by atoms with Gasteiger partial charge < -0.3 is 19.7 Å². The largest absolute Gasteiger partial charge is 0.444 e. The molecule has 2 rings (SSSR count). The highest BCUT2D eigenvalue weighted by atomic mass is 16.6. The van der Waals surface area contributed by atoms with Crippen molar-refractivity contribution < 1.29 is 14.3 Å². The van der Waals surface area contributed by atoms with Crippen molar-refractivity contribution in [1.29, 1.82) is 0 Å². The number of rotatable bonds is 6. The summed E-state index contributed by atoms with van der Waals surface area (Å²) < 4.78 is 11.3. The molecule has 2 unspecified atom stereocenters. The summed E-state index contributed by atoms with van der Waals surface area (Å²) in [6.45, 7) is 10.2. The molecule has 1 heterocycles. The molecule has 5 heteroatoms. The van der Waals surface area contributed by atoms with E-state index in [-0.39, 0.29) is 6.09 Å². The van der Waals surface area contributed by atoms with Crippen molar-refractivity contribution in [2.75, 3.05) is 19.6 Å². The number of carbonyl (C=O) groups excluding carboxylic acids is 1. The van der Waals surface area contributed by atoms with E-state index in [0.29, 0.717) is 24.8 Å². The smallest absolute Gasteiger partial charge is 0.410 e. The highest BCUT2D eigenvalue weighted by molar-refractivity contribution is 5.69. The van der Waals surface area contributed by atoms with Crippen LogP contribution >= 0.6 is 0 Å². The van der Waals surface area contributed by atoms with Crippen LogP contribution in [0.25, 0.3) is 0 Å². The average molecular weight is 298 g/mol. The third-order valence-corrected chi connectivity index (χ3v) is 3.84. The summed E-state index contributed by atoms with van der Waals surface area (Å²) in [5, 5.41) is 3.40. The zero-order valence-corrected chi connectivity index (χ0v) is 13.9. The third-order valence-electron chi connectivity index (χ3n) is 3.84. The Morgan fingerprint density at radius 2 is 2.00 bits per heavy atom. The molecule has 1 aliphatic heterocycles. The van der Waals surface area contributed by atoms with Gasteiger partial charge in [-0.15, -0.1) is 0 Å². The van der Waals surface area contributed by atoms with Gasteiger partial charge in [0.25, 0.3) is 0 Å². The molecule has 2 aliphatic rings. The molecule has 0 aromatic heterocycles. The Kier molecular flexibility index (Phi) is 5.49. The number of hydrogen-bond donors (Lipinski definition) is 1. The molecule has 2 fully saturated rings. The number of nitrogens with one attached hydrogen (secondary N) is 1. The minimum Gasteiger partial charge on any atom is -0.444 e. The maximum Gasteiger partial charge on any atom is 0.410 e. The van der Waals surface area contributed by atoms with Crippen LogP contribution in [0.5, 0.6) is 0 Å². The highest BCUT2D eigenvalue weighted by Gasteiger charge is 2.34. The molecule has 5 nitrogen and oxygen atoms in total. The van der Waals surface area contributed by atoms with Crippen LogP contribution in [0.15, 0.2) is 0 Å². The lowest BCUT2D eigenvalue weighted by Crippen LogP contribution is -2.42. The normalized spacial score (nSPS) is 25.9. The highest BCUT2D eigenvalue weighted by Crippen LogP contribution is 2.28. The second-order valence-corrected chi connectivity index (χ2v) is 7.26. The first kappa shape index (κ1) is 16.6. The van der Waals surface area contributed by atoms with E-state index in [9.17, 15) is 4.79 Å². The molecule has 122 valence electrons. The molecule has 1 amide bonds. The molecule has 1 N–H and O–H groups in total. The minimum atomic E-state index is -0.425. The van der Waals surface area contributed by atoms with Gasteiger partial charge in [0.1, 0.15) is 5.60 Å². The van der Waals surface area contributed by atoms with Crippen molar-refractivity contribution in [2.24, 2.45) is 0 Å². The summed E-state index contributed by atoms with van der Waals surface area (Å²) in [6.07, 6.45) is 5.02. The fraction of sp³-hybridized carbons (Fsp3) is 0.938. The summed E-state index contributed by atoms with van der Waals surface area (Å²) in [5.74, 6) is 0. The Morgan fingerprint density at radius 3 is 2.52 bits per heavy atom. The lowest BCUT2D eigenvalue weighted by Gasteiger charge is -2.27. The summed E-state index contributed by atoms with van der Waals surface area (Å²) in [6, 6.07) is 0.379. The second kappa shape index (κ2) is 6.97. The van der Waals surface area contributed by atoms with Gasteiger partial charge in [0.15, 0.2) is 0 Å². The number of hydrogen-bond acceptors (Lipinski definition) is 4. The van der Waals surface area contributed by atoms with Gasteiger partial charge in [0.2, 0.25) is 0 Å². The Bertz CT molecular complexity index is 350. The molecule has 0 radical (unpaired) electrons. The number of nitrogens with zero attached hydrogens (tertiary/aromatic N) is 1. The molecule has 0 spiro atoms. The van der Waals surface area contributed by atoms with Gasteiger partial charge in [-0.05, 0) is 53.4 Å².